The van der Waals surface area contributed by atoms with E-state index in [0.717, 1.165) is 58.6 Å². The van der Waals surface area contributed by atoms with Crippen LogP contribution < -0.4 is 10.2 Å². The van der Waals surface area contributed by atoms with Gasteiger partial charge in [-0.25, -0.2) is 0 Å². The Morgan fingerprint density at radius 1 is 1.16 bits per heavy atom. The second kappa shape index (κ2) is 9.34. The predicted octanol–water partition coefficient (Wildman–Crippen LogP) is 4.52. The van der Waals surface area contributed by atoms with Gasteiger partial charge in [-0.2, -0.15) is 0 Å². The van der Waals surface area contributed by atoms with Crippen LogP contribution in [0.25, 0.3) is 21.3 Å². The van der Waals surface area contributed by atoms with Crippen molar-refractivity contribution >= 4 is 50.7 Å². The Labute approximate surface area is 225 Å². The summed E-state index contributed by atoms with van der Waals surface area (Å²) in [5.74, 6) is -0.213. The first-order valence-corrected chi connectivity index (χ1v) is 14.1. The second-order valence-corrected chi connectivity index (χ2v) is 12.5. The molecule has 2 amide bonds. The Balaban J connectivity index is 1.41. The number of benzene rings is 1. The minimum atomic E-state index is -0.779. The smallest absolute Gasteiger partial charge is 0.230 e. The van der Waals surface area contributed by atoms with E-state index in [1.165, 1.54) is 16.2 Å². The summed E-state index contributed by atoms with van der Waals surface area (Å²) in [7, 11) is 0. The molecule has 2 N–H and O–H groups in total. The van der Waals surface area contributed by atoms with Crippen LogP contribution in [0.2, 0.25) is 5.02 Å². The number of carbonyl (C=O) groups excluding carboxylic acids is 2. The summed E-state index contributed by atoms with van der Waals surface area (Å²) in [6.45, 7) is 5.81. The fourth-order valence-corrected chi connectivity index (χ4v) is 7.40. The van der Waals surface area contributed by atoms with Gasteiger partial charge in [0.2, 0.25) is 11.8 Å². The Morgan fingerprint density at radius 3 is 2.68 bits per heavy atom. The lowest BCUT2D eigenvalue weighted by atomic mass is 9.91. The van der Waals surface area contributed by atoms with E-state index < -0.39 is 5.60 Å². The summed E-state index contributed by atoms with van der Waals surface area (Å²) in [5, 5.41) is 14.9. The molecule has 3 aliphatic rings. The Kier molecular flexibility index (Phi) is 6.26. The van der Waals surface area contributed by atoms with Crippen molar-refractivity contribution in [1.82, 2.24) is 15.2 Å². The number of fused-ring (bicyclic) bond motifs is 2. The van der Waals surface area contributed by atoms with E-state index in [1.54, 1.807) is 11.3 Å². The third-order valence-electron chi connectivity index (χ3n) is 7.91. The first-order chi connectivity index (χ1) is 17.7. The normalized spacial score (nSPS) is 22.4. The number of anilines is 1. The molecule has 6 rings (SSSR count). The van der Waals surface area contributed by atoms with Gasteiger partial charge in [-0.15, -0.1) is 11.3 Å². The van der Waals surface area contributed by atoms with Gasteiger partial charge in [0.05, 0.1) is 22.4 Å². The molecule has 194 valence electrons. The number of thiophene rings is 1. The third kappa shape index (κ3) is 4.54. The lowest BCUT2D eigenvalue weighted by molar-refractivity contribution is -0.138. The zero-order valence-electron chi connectivity index (χ0n) is 21.1. The number of nitrogens with one attached hydrogen (secondary N) is 1. The van der Waals surface area contributed by atoms with Crippen LogP contribution in [0, 0.1) is 0 Å². The predicted molar refractivity (Wildman–Crippen MR) is 147 cm³/mol. The average Bonchev–Trinajstić information content (AvgIpc) is 3.58. The van der Waals surface area contributed by atoms with E-state index in [-0.39, 0.29) is 23.9 Å². The van der Waals surface area contributed by atoms with Gasteiger partial charge in [0.15, 0.2) is 0 Å². The molecule has 7 nitrogen and oxygen atoms in total. The quantitative estimate of drug-likeness (QED) is 0.465. The van der Waals surface area contributed by atoms with Gasteiger partial charge in [0.1, 0.15) is 0 Å². The van der Waals surface area contributed by atoms with Crippen molar-refractivity contribution in [1.29, 1.82) is 0 Å². The Hall–Kier alpha value is -2.52. The van der Waals surface area contributed by atoms with Crippen molar-refractivity contribution in [3.63, 3.8) is 0 Å². The van der Waals surface area contributed by atoms with Crippen molar-refractivity contribution in [3.05, 3.63) is 45.9 Å². The molecule has 3 aliphatic heterocycles. The fraction of sp³-hybridized carbons (Fsp3) is 0.464. The molecule has 0 aliphatic carbocycles. The Bertz CT molecular complexity index is 1380. The highest BCUT2D eigenvalue weighted by molar-refractivity contribution is 7.19. The van der Waals surface area contributed by atoms with E-state index >= 15 is 0 Å². The third-order valence-corrected chi connectivity index (χ3v) is 9.27. The van der Waals surface area contributed by atoms with Gasteiger partial charge in [0, 0.05) is 70.9 Å². The number of hydrogen-bond acceptors (Lipinski definition) is 7. The number of likely N-dealkylation sites (tertiary alicyclic amines) is 1. The maximum Gasteiger partial charge on any atom is 0.230 e. The second-order valence-electron chi connectivity index (χ2n) is 10.9. The molecule has 9 heteroatoms. The topological polar surface area (TPSA) is 85.8 Å². The highest BCUT2D eigenvalue weighted by atomic mass is 35.5. The monoisotopic (exact) mass is 538 g/mol. The van der Waals surface area contributed by atoms with Gasteiger partial charge in [-0.1, -0.05) is 11.6 Å². The lowest BCUT2D eigenvalue weighted by Crippen LogP contribution is -2.42. The number of hydrogen-bond donors (Lipinski definition) is 2. The van der Waals surface area contributed by atoms with Crippen molar-refractivity contribution in [2.45, 2.75) is 70.2 Å². The molecule has 0 saturated carbocycles. The number of aliphatic hydroxyl groups is 1. The number of pyridine rings is 1. The summed E-state index contributed by atoms with van der Waals surface area (Å²) in [4.78, 5) is 33.8. The molecule has 37 heavy (non-hydrogen) atoms. The van der Waals surface area contributed by atoms with Gasteiger partial charge >= 0.3 is 0 Å². The summed E-state index contributed by atoms with van der Waals surface area (Å²) in [6.07, 6.45) is 5.31. The molecule has 2 fully saturated rings. The van der Waals surface area contributed by atoms with Gasteiger partial charge < -0.3 is 15.3 Å². The van der Waals surface area contributed by atoms with E-state index in [1.807, 2.05) is 32.2 Å². The zero-order valence-corrected chi connectivity index (χ0v) is 22.7. The zero-order chi connectivity index (χ0) is 25.9. The maximum absolute atomic E-state index is 12.2. The molecule has 0 bridgehead atoms. The van der Waals surface area contributed by atoms with Gasteiger partial charge in [-0.05, 0) is 62.9 Å². The van der Waals surface area contributed by atoms with Crippen LogP contribution >= 0.6 is 22.9 Å². The van der Waals surface area contributed by atoms with Crippen LogP contribution in [0.3, 0.4) is 0 Å². The first kappa shape index (κ1) is 24.8. The summed E-state index contributed by atoms with van der Waals surface area (Å²) < 4.78 is 1.03. The SMILES string of the molecule is CC(C)(O)[C@H]1C[C@H](N2CCCc3cc(Cl)cc(-c4ccnc5cc(CN6C(=O)CCC6=O)sc45)c32)CN1. The van der Waals surface area contributed by atoms with Crippen LogP contribution in [0.5, 0.6) is 0 Å². The van der Waals surface area contributed by atoms with Crippen LogP contribution in [0.4, 0.5) is 5.69 Å². The molecule has 0 radical (unpaired) electrons. The van der Waals surface area contributed by atoms with Crippen molar-refractivity contribution < 1.29 is 14.7 Å². The Morgan fingerprint density at radius 2 is 1.95 bits per heavy atom. The van der Waals surface area contributed by atoms with E-state index in [9.17, 15) is 14.7 Å². The molecule has 0 unspecified atom stereocenters. The van der Waals surface area contributed by atoms with Gasteiger partial charge in [-0.3, -0.25) is 19.5 Å². The number of halogens is 1. The summed E-state index contributed by atoms with van der Waals surface area (Å²) in [6, 6.07) is 8.49. The van der Waals surface area contributed by atoms with Gasteiger partial charge in [0.25, 0.3) is 0 Å². The summed E-state index contributed by atoms with van der Waals surface area (Å²) in [5.41, 5.74) is 4.69. The minimum absolute atomic E-state index is 0.0436. The largest absolute Gasteiger partial charge is 0.389 e. The van der Waals surface area contributed by atoms with E-state index in [0.29, 0.717) is 24.4 Å². The fourth-order valence-electron chi connectivity index (χ4n) is 6.03. The highest BCUT2D eigenvalue weighted by Crippen LogP contribution is 2.45. The number of rotatable bonds is 5. The number of imide groups is 1. The number of aromatic nitrogens is 1. The van der Waals surface area contributed by atoms with Crippen molar-refractivity contribution in [2.75, 3.05) is 18.0 Å². The molecular weight excluding hydrogens is 508 g/mol. The number of aryl methyl sites for hydroxylation is 1. The van der Waals surface area contributed by atoms with Crippen molar-refractivity contribution in [2.24, 2.45) is 0 Å². The standard InChI is InChI=1S/C28H31ClN4O3S/c1-28(2,36)23-12-18(14-31-23)32-9-3-4-16-10-17(29)11-21(26(16)32)20-7-8-30-22-13-19(37-27(20)22)15-33-24(34)5-6-25(33)35/h7-8,10-11,13,18,23,31,36H,3-6,9,12,14-15H2,1-2H3/t18-,23+/m0/s1. The van der Waals surface area contributed by atoms with E-state index in [4.69, 9.17) is 11.6 Å². The van der Waals surface area contributed by atoms with Crippen LogP contribution in [0.15, 0.2) is 30.5 Å². The van der Waals surface area contributed by atoms with Crippen LogP contribution in [-0.2, 0) is 22.6 Å². The maximum atomic E-state index is 12.2. The van der Waals surface area contributed by atoms with Crippen LogP contribution in [0.1, 0.15) is 50.0 Å². The summed E-state index contributed by atoms with van der Waals surface area (Å²) >= 11 is 8.25. The molecule has 3 aromatic rings. The van der Waals surface area contributed by atoms with Crippen LogP contribution in [-0.4, -0.2) is 57.6 Å². The van der Waals surface area contributed by atoms with Crippen molar-refractivity contribution in [3.8, 4) is 11.1 Å². The minimum Gasteiger partial charge on any atom is -0.389 e. The molecule has 5 heterocycles. The number of nitrogens with zero attached hydrogens (tertiary/aromatic N) is 3. The lowest BCUT2D eigenvalue weighted by Gasteiger charge is -2.38. The molecule has 2 atom stereocenters. The number of amides is 2. The van der Waals surface area contributed by atoms with E-state index in [2.05, 4.69) is 27.3 Å². The molecule has 2 saturated heterocycles. The first-order valence-electron chi connectivity index (χ1n) is 12.9. The molecular formula is C28H31ClN4O3S. The average molecular weight is 539 g/mol. The highest BCUT2D eigenvalue weighted by Gasteiger charge is 2.38. The molecule has 0 spiro atoms. The molecule has 2 aromatic heterocycles. The number of carbonyl (C=O) groups is 2. The molecule has 1 aromatic carbocycles.